The summed E-state index contributed by atoms with van der Waals surface area (Å²) in [7, 11) is 0. The number of hydrogen-bond donors (Lipinski definition) is 4. The van der Waals surface area contributed by atoms with E-state index in [1.54, 1.807) is 35.3 Å². The van der Waals surface area contributed by atoms with Crippen LogP contribution in [-0.2, 0) is 29.0 Å². The average molecular weight is 691 g/mol. The van der Waals surface area contributed by atoms with Gasteiger partial charge in [-0.1, -0.05) is 11.8 Å². The Hall–Kier alpha value is -0.230. The van der Waals surface area contributed by atoms with E-state index in [0.29, 0.717) is 48.2 Å². The van der Waals surface area contributed by atoms with Gasteiger partial charge in [0.05, 0.1) is 35.4 Å². The van der Waals surface area contributed by atoms with Gasteiger partial charge in [0.15, 0.2) is 0 Å². The van der Waals surface area contributed by atoms with E-state index in [9.17, 15) is 9.59 Å². The second-order valence-electron chi connectivity index (χ2n) is 5.74. The van der Waals surface area contributed by atoms with E-state index in [-0.39, 0.29) is 23.8 Å². The molecule has 0 aromatic carbocycles. The van der Waals surface area contributed by atoms with Gasteiger partial charge in [-0.05, 0) is 0 Å². The lowest BCUT2D eigenvalue weighted by Gasteiger charge is -2.06. The number of aliphatic hydroxyl groups excluding tert-OH is 2. The highest BCUT2D eigenvalue weighted by molar-refractivity contribution is 8.16. The van der Waals surface area contributed by atoms with Gasteiger partial charge in [-0.2, -0.15) is 21.5 Å². The number of nitrogens with zero attached hydrogens (tertiary/aromatic N) is 2. The van der Waals surface area contributed by atoms with Crippen LogP contribution in [0.5, 0.6) is 0 Å². The Morgan fingerprint density at radius 3 is 1.87 bits per heavy atom. The third-order valence-corrected chi connectivity index (χ3v) is 8.88. The van der Waals surface area contributed by atoms with E-state index in [4.69, 9.17) is 34.3 Å². The highest BCUT2D eigenvalue weighted by atomic mass is 32.2. The van der Waals surface area contributed by atoms with Gasteiger partial charge in [-0.3, -0.25) is 0 Å². The fourth-order valence-corrected chi connectivity index (χ4v) is 5.59. The van der Waals surface area contributed by atoms with E-state index in [0.717, 1.165) is 21.9 Å². The number of rotatable bonds is 28. The molecule has 39 heavy (non-hydrogen) atoms. The molecule has 0 aliphatic carbocycles. The van der Waals surface area contributed by atoms with Crippen LogP contribution in [0.3, 0.4) is 0 Å². The van der Waals surface area contributed by atoms with E-state index in [1.165, 1.54) is 48.1 Å². The van der Waals surface area contributed by atoms with Gasteiger partial charge in [0.25, 0.3) is 0 Å². The highest BCUT2D eigenvalue weighted by Gasteiger charge is 2.02. The summed E-state index contributed by atoms with van der Waals surface area (Å²) in [4.78, 5) is 50.0. The normalized spacial score (nSPS) is 11.1. The Bertz CT molecular complexity index is 633. The molecule has 0 saturated carbocycles. The number of nitrogens with one attached hydrogen (secondary N) is 2. The van der Waals surface area contributed by atoms with Crippen LogP contribution in [-0.4, -0.2) is 117 Å². The third kappa shape index (κ3) is 33.9. The Kier molecular flexibility index (Phi) is 33.8. The minimum atomic E-state index is -0.516. The van der Waals surface area contributed by atoms with E-state index in [2.05, 4.69) is 25.5 Å². The molecule has 0 radical (unpaired) electrons. The summed E-state index contributed by atoms with van der Waals surface area (Å²) in [5, 5.41) is 23.8. The summed E-state index contributed by atoms with van der Waals surface area (Å²) in [6.07, 6.45) is 1.46. The molecule has 0 heterocycles. The predicted molar refractivity (Wildman–Crippen MR) is 166 cm³/mol. The molecular weight excluding hydrogens is 657 g/mol. The van der Waals surface area contributed by atoms with Crippen LogP contribution in [0.4, 0.5) is 9.59 Å². The number of carbonyl (C=O) groups is 2. The van der Waals surface area contributed by atoms with Crippen LogP contribution in [0.15, 0.2) is 9.98 Å². The van der Waals surface area contributed by atoms with Gasteiger partial charge in [0.1, 0.15) is 25.1 Å². The minimum Gasteiger partial charge on any atom is -0.449 e. The van der Waals surface area contributed by atoms with Crippen molar-refractivity contribution >= 4 is 107 Å². The first kappa shape index (κ1) is 38.8. The second kappa shape index (κ2) is 34.0. The molecule has 0 fully saturated rings. The number of aliphatic imine (C=N–C) groups is 2. The zero-order valence-corrected chi connectivity index (χ0v) is 26.7. The van der Waals surface area contributed by atoms with Crippen LogP contribution in [0.1, 0.15) is 0 Å². The van der Waals surface area contributed by atoms with Gasteiger partial charge in [-0.25, -0.2) is 19.6 Å². The molecule has 0 rings (SSSR count). The van der Waals surface area contributed by atoms with E-state index >= 15 is 0 Å². The van der Waals surface area contributed by atoms with Crippen LogP contribution in [0.2, 0.25) is 0 Å². The Labute approximate surface area is 257 Å². The lowest BCUT2D eigenvalue weighted by Crippen LogP contribution is -2.24. The Morgan fingerprint density at radius 2 is 1.23 bits per heavy atom. The summed E-state index contributed by atoms with van der Waals surface area (Å²) in [5.41, 5.74) is 0. The summed E-state index contributed by atoms with van der Waals surface area (Å²) in [5.74, 6) is 3.38. The van der Waals surface area contributed by atoms with Crippen molar-refractivity contribution < 1.29 is 48.8 Å². The Morgan fingerprint density at radius 1 is 0.667 bits per heavy atom. The largest absolute Gasteiger partial charge is 0.449 e. The van der Waals surface area contributed by atoms with Crippen molar-refractivity contribution in [2.45, 2.75) is 0 Å². The molecule has 0 bridgehead atoms. The van der Waals surface area contributed by atoms with E-state index < -0.39 is 12.2 Å². The van der Waals surface area contributed by atoms with Crippen LogP contribution >= 0.6 is 82.3 Å². The molecule has 0 saturated heterocycles. The van der Waals surface area contributed by atoms with E-state index in [1.807, 2.05) is 0 Å². The SMILES string of the molecule is O=C(NCSCSC/N=C\OOCSCO)OCCSCCOO/C=N/CSCSCNC(=O)OCSCO. The third-order valence-electron chi connectivity index (χ3n) is 3.03. The number of carbonyl (C=O) groups excluding carboxylic acids is 2. The predicted octanol–water partition coefficient (Wildman–Crippen LogP) is 3.08. The van der Waals surface area contributed by atoms with Crippen LogP contribution in [0.25, 0.3) is 0 Å². The molecule has 0 unspecified atom stereocenters. The number of hydrogen-bond acceptors (Lipinski definition) is 19. The number of aliphatic hydroxyl groups is 2. The Balaban J connectivity index is 3.28. The first-order valence-electron chi connectivity index (χ1n) is 10.8. The van der Waals surface area contributed by atoms with Crippen LogP contribution in [0, 0.1) is 0 Å². The molecule has 14 nitrogen and oxygen atoms in total. The molecule has 0 aliphatic heterocycles. The van der Waals surface area contributed by atoms with Crippen molar-refractivity contribution in [3.8, 4) is 0 Å². The highest BCUT2D eigenvalue weighted by Crippen LogP contribution is 2.11. The van der Waals surface area contributed by atoms with Crippen molar-refractivity contribution in [1.29, 1.82) is 0 Å². The zero-order chi connectivity index (χ0) is 28.5. The topological polar surface area (TPSA) is 179 Å². The van der Waals surface area contributed by atoms with Crippen molar-refractivity contribution in [1.82, 2.24) is 10.6 Å². The summed E-state index contributed by atoms with van der Waals surface area (Å²) in [6, 6.07) is 0. The number of ether oxygens (including phenoxy) is 2. The fourth-order valence-electron chi connectivity index (χ4n) is 1.55. The fraction of sp³-hybridized carbons (Fsp3) is 0.778. The molecule has 4 N–H and O–H groups in total. The van der Waals surface area contributed by atoms with Crippen LogP contribution < -0.4 is 10.6 Å². The van der Waals surface area contributed by atoms with Gasteiger partial charge in [0, 0.05) is 21.7 Å². The van der Waals surface area contributed by atoms with Crippen molar-refractivity contribution in [3.63, 3.8) is 0 Å². The maximum Gasteiger partial charge on any atom is 0.408 e. The summed E-state index contributed by atoms with van der Waals surface area (Å²) >= 11 is 9.96. The molecule has 0 aliphatic rings. The molecule has 2 amide bonds. The molecular formula is C18H34N4O10S7. The number of alkyl carbamates (subject to hydrolysis) is 2. The first-order chi connectivity index (χ1) is 19.2. The standard InChI is InChI=1S/C18H34N4O10S7/c23-11-38-13-28-18(26)22-10-37-16-34-7-19-5-30-29-2-4-33-3-1-27-17(25)21-9-36-15-35-8-20-6-31-32-14-39-12-24/h5-6,23-24H,1-4,7-16H2,(H,21,25)(H,22,26)/b19-5+,20-6-. The van der Waals surface area contributed by atoms with Crippen molar-refractivity contribution in [3.05, 3.63) is 0 Å². The number of thioether (sulfide) groups is 7. The minimum absolute atomic E-state index is 0.0313. The first-order valence-corrected chi connectivity index (χ1v) is 18.9. The van der Waals surface area contributed by atoms with Gasteiger partial charge in [0.2, 0.25) is 12.8 Å². The van der Waals surface area contributed by atoms with Crippen molar-refractivity contribution in [2.24, 2.45) is 9.98 Å². The average Bonchev–Trinajstić information content (AvgIpc) is 2.93. The van der Waals surface area contributed by atoms with Gasteiger partial charge < -0.3 is 40.1 Å². The quantitative estimate of drug-likeness (QED) is 0.0235. The molecule has 228 valence electrons. The summed E-state index contributed by atoms with van der Waals surface area (Å²) in [6.45, 7) is 0.658. The molecule has 0 atom stereocenters. The molecule has 0 spiro atoms. The zero-order valence-electron chi connectivity index (χ0n) is 21.0. The maximum atomic E-state index is 11.6. The number of amides is 2. The summed E-state index contributed by atoms with van der Waals surface area (Å²) < 4.78 is 9.88. The van der Waals surface area contributed by atoms with Gasteiger partial charge >= 0.3 is 12.2 Å². The lowest BCUT2D eigenvalue weighted by atomic mass is 10.8. The smallest absolute Gasteiger partial charge is 0.408 e. The molecule has 21 heteroatoms. The lowest BCUT2D eigenvalue weighted by molar-refractivity contribution is -0.210. The van der Waals surface area contributed by atoms with Gasteiger partial charge in [-0.15, -0.1) is 58.8 Å². The van der Waals surface area contributed by atoms with Crippen molar-refractivity contribution in [2.75, 3.05) is 82.2 Å². The molecule has 0 aromatic heterocycles. The second-order valence-corrected chi connectivity index (χ2v) is 13.4. The maximum absolute atomic E-state index is 11.6. The molecule has 0 aromatic rings. The monoisotopic (exact) mass is 690 g/mol.